The van der Waals surface area contributed by atoms with Crippen molar-refractivity contribution < 1.29 is 23.9 Å². The van der Waals surface area contributed by atoms with E-state index in [9.17, 15) is 14.4 Å². The summed E-state index contributed by atoms with van der Waals surface area (Å²) < 4.78 is 9.67. The molecule has 1 atom stereocenters. The van der Waals surface area contributed by atoms with Gasteiger partial charge in [0, 0.05) is 31.6 Å². The third-order valence-corrected chi connectivity index (χ3v) is 5.15. The second kappa shape index (κ2) is 10.9. The number of nitrogens with zero attached hydrogens (tertiary/aromatic N) is 1. The van der Waals surface area contributed by atoms with Crippen molar-refractivity contribution in [2.75, 3.05) is 32.6 Å². The summed E-state index contributed by atoms with van der Waals surface area (Å²) in [7, 11) is 2.85. The molecule has 0 saturated carbocycles. The maximum Gasteiger partial charge on any atom is 0.306 e. The molecule has 1 aliphatic heterocycles. The molecule has 1 heterocycles. The van der Waals surface area contributed by atoms with Gasteiger partial charge >= 0.3 is 5.97 Å². The van der Waals surface area contributed by atoms with Crippen molar-refractivity contribution in [1.82, 2.24) is 4.90 Å². The standard InChI is InChI=1S/C20H27ClN2O5/c1-27-17-7-6-15(12-16(17)21)22-18(24)8-5-14-4-3-11-23(13-14)19(25)9-10-20(26)28-2/h6-7,12,14H,3-5,8-11,13H2,1-2H3,(H,22,24). The van der Waals surface area contributed by atoms with Crippen LogP contribution in [0, 0.1) is 5.92 Å². The van der Waals surface area contributed by atoms with E-state index in [4.69, 9.17) is 16.3 Å². The number of esters is 1. The van der Waals surface area contributed by atoms with Crippen LogP contribution in [-0.2, 0) is 19.1 Å². The number of hydrogen-bond acceptors (Lipinski definition) is 5. The van der Waals surface area contributed by atoms with E-state index in [1.165, 1.54) is 14.2 Å². The number of rotatable bonds is 8. The van der Waals surface area contributed by atoms with Gasteiger partial charge in [-0.05, 0) is 43.4 Å². The summed E-state index contributed by atoms with van der Waals surface area (Å²) in [5.41, 5.74) is 0.624. The number of anilines is 1. The van der Waals surface area contributed by atoms with Gasteiger partial charge < -0.3 is 19.7 Å². The van der Waals surface area contributed by atoms with Gasteiger partial charge in [0.25, 0.3) is 0 Å². The Hall–Kier alpha value is -2.28. The highest BCUT2D eigenvalue weighted by molar-refractivity contribution is 6.32. The van der Waals surface area contributed by atoms with Crippen molar-refractivity contribution in [3.63, 3.8) is 0 Å². The summed E-state index contributed by atoms with van der Waals surface area (Å²) in [4.78, 5) is 37.5. The molecule has 2 rings (SSSR count). The first kappa shape index (κ1) is 22.0. The van der Waals surface area contributed by atoms with Crippen LogP contribution in [0.1, 0.15) is 38.5 Å². The minimum Gasteiger partial charge on any atom is -0.495 e. The highest BCUT2D eigenvalue weighted by Crippen LogP contribution is 2.27. The van der Waals surface area contributed by atoms with Crippen LogP contribution in [0.15, 0.2) is 18.2 Å². The molecule has 0 bridgehead atoms. The Labute approximate surface area is 170 Å². The molecule has 1 aliphatic rings. The second-order valence-electron chi connectivity index (χ2n) is 6.86. The Kier molecular flexibility index (Phi) is 8.57. The lowest BCUT2D eigenvalue weighted by Crippen LogP contribution is -2.40. The van der Waals surface area contributed by atoms with Crippen molar-refractivity contribution in [3.8, 4) is 5.75 Å². The van der Waals surface area contributed by atoms with Gasteiger partial charge in [0.15, 0.2) is 0 Å². The lowest BCUT2D eigenvalue weighted by Gasteiger charge is -2.32. The molecule has 2 amide bonds. The first-order chi connectivity index (χ1) is 13.4. The molecule has 7 nitrogen and oxygen atoms in total. The molecule has 1 fully saturated rings. The third-order valence-electron chi connectivity index (χ3n) is 4.86. The number of halogens is 1. The fourth-order valence-corrected chi connectivity index (χ4v) is 3.56. The van der Waals surface area contributed by atoms with E-state index < -0.39 is 0 Å². The van der Waals surface area contributed by atoms with E-state index in [1.807, 2.05) is 0 Å². The highest BCUT2D eigenvalue weighted by atomic mass is 35.5. The molecule has 0 aromatic heterocycles. The molecule has 1 N–H and O–H groups in total. The number of carbonyl (C=O) groups excluding carboxylic acids is 3. The number of carbonyl (C=O) groups is 3. The van der Waals surface area contributed by atoms with E-state index in [0.717, 1.165) is 12.8 Å². The van der Waals surface area contributed by atoms with Gasteiger partial charge in [0.1, 0.15) is 5.75 Å². The molecule has 8 heteroatoms. The fraction of sp³-hybridized carbons (Fsp3) is 0.550. The topological polar surface area (TPSA) is 84.9 Å². The maximum absolute atomic E-state index is 12.2. The summed E-state index contributed by atoms with van der Waals surface area (Å²) in [6, 6.07) is 5.10. The summed E-state index contributed by atoms with van der Waals surface area (Å²) in [5, 5.41) is 3.27. The zero-order valence-corrected chi connectivity index (χ0v) is 17.1. The maximum atomic E-state index is 12.2. The Balaban J connectivity index is 1.77. The largest absolute Gasteiger partial charge is 0.495 e. The van der Waals surface area contributed by atoms with E-state index in [-0.39, 0.29) is 36.5 Å². The summed E-state index contributed by atoms with van der Waals surface area (Å²) in [6.07, 6.45) is 3.24. The number of hydrogen-bond donors (Lipinski definition) is 1. The van der Waals surface area contributed by atoms with Crippen LogP contribution < -0.4 is 10.1 Å². The number of ether oxygens (including phenoxy) is 2. The number of piperidine rings is 1. The Morgan fingerprint density at radius 1 is 1.21 bits per heavy atom. The molecular weight excluding hydrogens is 384 g/mol. The van der Waals surface area contributed by atoms with E-state index in [2.05, 4.69) is 10.1 Å². The lowest BCUT2D eigenvalue weighted by atomic mass is 9.93. The minimum absolute atomic E-state index is 0.0348. The number of likely N-dealkylation sites (tertiary alicyclic amines) is 1. The number of nitrogens with one attached hydrogen (secondary N) is 1. The van der Waals surface area contributed by atoms with Crippen molar-refractivity contribution >= 4 is 35.1 Å². The van der Waals surface area contributed by atoms with Crippen molar-refractivity contribution in [2.24, 2.45) is 5.92 Å². The van der Waals surface area contributed by atoms with Gasteiger partial charge in [-0.3, -0.25) is 14.4 Å². The molecule has 28 heavy (non-hydrogen) atoms. The molecule has 1 saturated heterocycles. The number of benzene rings is 1. The van der Waals surface area contributed by atoms with Crippen LogP contribution in [0.2, 0.25) is 5.02 Å². The van der Waals surface area contributed by atoms with Crippen molar-refractivity contribution in [2.45, 2.75) is 38.5 Å². The second-order valence-corrected chi connectivity index (χ2v) is 7.27. The van der Waals surface area contributed by atoms with Gasteiger partial charge in [0.05, 0.1) is 25.7 Å². The highest BCUT2D eigenvalue weighted by Gasteiger charge is 2.24. The molecule has 1 unspecified atom stereocenters. The Morgan fingerprint density at radius 2 is 2.00 bits per heavy atom. The van der Waals surface area contributed by atoms with Crippen LogP contribution >= 0.6 is 11.6 Å². The lowest BCUT2D eigenvalue weighted by molar-refractivity contribution is -0.144. The fourth-order valence-electron chi connectivity index (χ4n) is 3.30. The van der Waals surface area contributed by atoms with Gasteiger partial charge in [-0.25, -0.2) is 0 Å². The first-order valence-corrected chi connectivity index (χ1v) is 9.78. The number of methoxy groups -OCH3 is 2. The molecular formula is C20H27ClN2O5. The van der Waals surface area contributed by atoms with Crippen molar-refractivity contribution in [1.29, 1.82) is 0 Å². The summed E-state index contributed by atoms with van der Waals surface area (Å²) in [6.45, 7) is 1.33. The quantitative estimate of drug-likeness (QED) is 0.665. The van der Waals surface area contributed by atoms with Crippen LogP contribution in [-0.4, -0.2) is 50.0 Å². The van der Waals surface area contributed by atoms with E-state index >= 15 is 0 Å². The summed E-state index contributed by atoms with van der Waals surface area (Å²) in [5.74, 6) is 0.333. The van der Waals surface area contributed by atoms with Crippen molar-refractivity contribution in [3.05, 3.63) is 23.2 Å². The average Bonchev–Trinajstić information content (AvgIpc) is 2.70. The first-order valence-electron chi connectivity index (χ1n) is 9.41. The molecule has 1 aromatic carbocycles. The van der Waals surface area contributed by atoms with Crippen LogP contribution in [0.25, 0.3) is 0 Å². The molecule has 0 spiro atoms. The molecule has 1 aromatic rings. The van der Waals surface area contributed by atoms with Gasteiger partial charge in [-0.1, -0.05) is 11.6 Å². The molecule has 154 valence electrons. The van der Waals surface area contributed by atoms with Gasteiger partial charge in [0.2, 0.25) is 11.8 Å². The number of amides is 2. The van der Waals surface area contributed by atoms with E-state index in [0.29, 0.717) is 42.4 Å². The van der Waals surface area contributed by atoms with Gasteiger partial charge in [-0.2, -0.15) is 0 Å². The van der Waals surface area contributed by atoms with E-state index in [1.54, 1.807) is 23.1 Å². The predicted molar refractivity (Wildman–Crippen MR) is 106 cm³/mol. The summed E-state index contributed by atoms with van der Waals surface area (Å²) >= 11 is 6.07. The Morgan fingerprint density at radius 3 is 2.68 bits per heavy atom. The van der Waals surface area contributed by atoms with Crippen LogP contribution in [0.5, 0.6) is 5.75 Å². The molecule has 0 radical (unpaired) electrons. The zero-order chi connectivity index (χ0) is 20.5. The smallest absolute Gasteiger partial charge is 0.306 e. The van der Waals surface area contributed by atoms with Gasteiger partial charge in [-0.15, -0.1) is 0 Å². The Bertz CT molecular complexity index is 710. The predicted octanol–water partition coefficient (Wildman–Crippen LogP) is 3.26. The van der Waals surface area contributed by atoms with Crippen LogP contribution in [0.3, 0.4) is 0 Å². The average molecular weight is 411 g/mol. The normalized spacial score (nSPS) is 16.4. The molecule has 0 aliphatic carbocycles. The van der Waals surface area contributed by atoms with Crippen LogP contribution in [0.4, 0.5) is 5.69 Å². The zero-order valence-electron chi connectivity index (χ0n) is 16.3. The minimum atomic E-state index is -0.378. The third kappa shape index (κ3) is 6.71. The SMILES string of the molecule is COC(=O)CCC(=O)N1CCCC(CCC(=O)Nc2ccc(OC)c(Cl)c2)C1. The monoisotopic (exact) mass is 410 g/mol.